The van der Waals surface area contributed by atoms with Crippen molar-refractivity contribution >= 4 is 12.0 Å². The number of nitrogens with one attached hydrogen (secondary N) is 1. The monoisotopic (exact) mass is 246 g/mol. The summed E-state index contributed by atoms with van der Waals surface area (Å²) in [5.41, 5.74) is 0. The Kier molecular flexibility index (Phi) is 8.13. The molecule has 0 radical (unpaired) electrons. The lowest BCUT2D eigenvalue weighted by Gasteiger charge is -2.23. The van der Waals surface area contributed by atoms with Gasteiger partial charge in [-0.2, -0.15) is 0 Å². The molecule has 0 aliphatic carbocycles. The Hall–Kier alpha value is -1.30. The number of carboxylic acid groups (broad SMARTS) is 1. The molecule has 0 aromatic heterocycles. The first-order chi connectivity index (χ1) is 8.01. The molecule has 2 amide bonds. The Morgan fingerprint density at radius 2 is 2.06 bits per heavy atom. The number of hydrogen-bond donors (Lipinski definition) is 2. The van der Waals surface area contributed by atoms with Crippen molar-refractivity contribution in [2.45, 2.75) is 33.2 Å². The average Bonchev–Trinajstić information content (AvgIpc) is 2.22. The molecule has 0 saturated carbocycles. The second kappa shape index (κ2) is 8.81. The van der Waals surface area contributed by atoms with Gasteiger partial charge in [-0.1, -0.05) is 0 Å². The molecule has 0 heterocycles. The highest BCUT2D eigenvalue weighted by Gasteiger charge is 2.15. The Morgan fingerprint density at radius 1 is 1.41 bits per heavy atom. The van der Waals surface area contributed by atoms with Crippen LogP contribution in [-0.4, -0.2) is 54.4 Å². The highest BCUT2D eigenvalue weighted by Crippen LogP contribution is 1.95. The average molecular weight is 246 g/mol. The summed E-state index contributed by atoms with van der Waals surface area (Å²) in [4.78, 5) is 23.8. The van der Waals surface area contributed by atoms with Crippen molar-refractivity contribution in [1.29, 1.82) is 0 Å². The molecular weight excluding hydrogens is 224 g/mol. The fourth-order valence-corrected chi connectivity index (χ4v) is 1.34. The molecule has 0 fully saturated rings. The standard InChI is InChI=1S/C11H22N2O4/c1-4-13(6-7-17-5-2)11(16)12-9(3)8-10(14)15/h9H,4-8H2,1-3H3,(H,12,16)(H,14,15). The molecule has 0 aliphatic heterocycles. The maximum atomic E-state index is 11.7. The van der Waals surface area contributed by atoms with Gasteiger partial charge in [-0.3, -0.25) is 4.79 Å². The molecule has 0 aromatic carbocycles. The van der Waals surface area contributed by atoms with Crippen molar-refractivity contribution in [2.75, 3.05) is 26.3 Å². The first-order valence-corrected chi connectivity index (χ1v) is 5.86. The lowest BCUT2D eigenvalue weighted by Crippen LogP contribution is -2.45. The van der Waals surface area contributed by atoms with Gasteiger partial charge in [0, 0.05) is 25.7 Å². The maximum Gasteiger partial charge on any atom is 0.317 e. The fraction of sp³-hybridized carbons (Fsp3) is 0.818. The minimum absolute atomic E-state index is 0.0746. The Morgan fingerprint density at radius 3 is 2.53 bits per heavy atom. The molecule has 6 nitrogen and oxygen atoms in total. The molecule has 0 aromatic rings. The van der Waals surface area contributed by atoms with Crippen LogP contribution in [0.2, 0.25) is 0 Å². The number of carboxylic acids is 1. The third-order valence-electron chi connectivity index (χ3n) is 2.23. The Bertz CT molecular complexity index is 246. The molecular formula is C11H22N2O4. The number of amides is 2. The van der Waals surface area contributed by atoms with Crippen LogP contribution in [0.3, 0.4) is 0 Å². The topological polar surface area (TPSA) is 78.9 Å². The van der Waals surface area contributed by atoms with Crippen LogP contribution in [0.25, 0.3) is 0 Å². The van der Waals surface area contributed by atoms with E-state index in [0.29, 0.717) is 26.3 Å². The molecule has 0 spiro atoms. The van der Waals surface area contributed by atoms with Crippen molar-refractivity contribution in [1.82, 2.24) is 10.2 Å². The second-order valence-corrected chi connectivity index (χ2v) is 3.72. The number of hydrogen-bond acceptors (Lipinski definition) is 3. The third kappa shape index (κ3) is 7.57. The lowest BCUT2D eigenvalue weighted by molar-refractivity contribution is -0.137. The highest BCUT2D eigenvalue weighted by atomic mass is 16.5. The van der Waals surface area contributed by atoms with Gasteiger partial charge < -0.3 is 20.1 Å². The zero-order valence-electron chi connectivity index (χ0n) is 10.7. The summed E-state index contributed by atoms with van der Waals surface area (Å²) >= 11 is 0. The molecule has 2 N–H and O–H groups in total. The number of rotatable bonds is 8. The van der Waals surface area contributed by atoms with Crippen LogP contribution < -0.4 is 5.32 Å². The van der Waals surface area contributed by atoms with Crippen LogP contribution in [-0.2, 0) is 9.53 Å². The van der Waals surface area contributed by atoms with Crippen LogP contribution in [0.5, 0.6) is 0 Å². The van der Waals surface area contributed by atoms with Gasteiger partial charge in [0.05, 0.1) is 13.0 Å². The third-order valence-corrected chi connectivity index (χ3v) is 2.23. The van der Waals surface area contributed by atoms with Gasteiger partial charge in [-0.25, -0.2) is 4.79 Å². The number of aliphatic carboxylic acids is 1. The van der Waals surface area contributed by atoms with E-state index in [0.717, 1.165) is 0 Å². The number of carbonyl (C=O) groups is 2. The van der Waals surface area contributed by atoms with Crippen molar-refractivity contribution in [3.8, 4) is 0 Å². The highest BCUT2D eigenvalue weighted by molar-refractivity contribution is 5.75. The molecule has 0 saturated heterocycles. The van der Waals surface area contributed by atoms with Crippen LogP contribution in [0.15, 0.2) is 0 Å². The summed E-state index contributed by atoms with van der Waals surface area (Å²) in [7, 11) is 0. The number of urea groups is 1. The van der Waals surface area contributed by atoms with Gasteiger partial charge in [0.25, 0.3) is 0 Å². The molecule has 0 rings (SSSR count). The van der Waals surface area contributed by atoms with Gasteiger partial charge in [-0.15, -0.1) is 0 Å². The summed E-state index contributed by atoms with van der Waals surface area (Å²) in [5.74, 6) is -0.921. The molecule has 0 aliphatic rings. The largest absolute Gasteiger partial charge is 0.481 e. The van der Waals surface area contributed by atoms with E-state index >= 15 is 0 Å². The second-order valence-electron chi connectivity index (χ2n) is 3.72. The van der Waals surface area contributed by atoms with E-state index in [1.165, 1.54) is 0 Å². The normalized spacial score (nSPS) is 11.9. The SMILES string of the molecule is CCOCCN(CC)C(=O)NC(C)CC(=O)O. The van der Waals surface area contributed by atoms with E-state index in [1.807, 2.05) is 13.8 Å². The lowest BCUT2D eigenvalue weighted by atomic mass is 10.2. The first kappa shape index (κ1) is 15.7. The fourth-order valence-electron chi connectivity index (χ4n) is 1.34. The Balaban J connectivity index is 4.02. The minimum atomic E-state index is -0.921. The van der Waals surface area contributed by atoms with Gasteiger partial charge in [0.1, 0.15) is 0 Å². The molecule has 1 unspecified atom stereocenters. The number of carbonyl (C=O) groups excluding carboxylic acids is 1. The van der Waals surface area contributed by atoms with Gasteiger partial charge in [-0.05, 0) is 20.8 Å². The van der Waals surface area contributed by atoms with Crippen molar-refractivity contribution in [2.24, 2.45) is 0 Å². The quantitative estimate of drug-likeness (QED) is 0.624. The first-order valence-electron chi connectivity index (χ1n) is 5.86. The molecule has 17 heavy (non-hydrogen) atoms. The van der Waals surface area contributed by atoms with Crippen LogP contribution >= 0.6 is 0 Å². The predicted octanol–water partition coefficient (Wildman–Crippen LogP) is 0.918. The van der Waals surface area contributed by atoms with Crippen molar-refractivity contribution in [3.63, 3.8) is 0 Å². The van der Waals surface area contributed by atoms with Crippen LogP contribution in [0.4, 0.5) is 4.79 Å². The van der Waals surface area contributed by atoms with Gasteiger partial charge in [0.15, 0.2) is 0 Å². The minimum Gasteiger partial charge on any atom is -0.481 e. The van der Waals surface area contributed by atoms with Crippen LogP contribution in [0, 0.1) is 0 Å². The van der Waals surface area contributed by atoms with E-state index in [2.05, 4.69) is 5.32 Å². The number of ether oxygens (including phenoxy) is 1. The zero-order valence-corrected chi connectivity index (χ0v) is 10.7. The summed E-state index contributed by atoms with van der Waals surface area (Å²) in [6, 6.07) is -0.623. The number of likely N-dealkylation sites (N-methyl/N-ethyl adjacent to an activating group) is 1. The summed E-state index contributed by atoms with van der Waals surface area (Å²) in [6.07, 6.45) is -0.0746. The van der Waals surface area contributed by atoms with E-state index < -0.39 is 5.97 Å². The van der Waals surface area contributed by atoms with E-state index in [-0.39, 0.29) is 18.5 Å². The van der Waals surface area contributed by atoms with Crippen LogP contribution in [0.1, 0.15) is 27.2 Å². The molecule has 100 valence electrons. The molecule has 0 bridgehead atoms. The van der Waals surface area contributed by atoms with Gasteiger partial charge >= 0.3 is 12.0 Å². The van der Waals surface area contributed by atoms with E-state index in [1.54, 1.807) is 11.8 Å². The summed E-state index contributed by atoms with van der Waals surface area (Å²) in [6.45, 7) is 7.62. The maximum absolute atomic E-state index is 11.7. The number of nitrogens with zero attached hydrogens (tertiary/aromatic N) is 1. The van der Waals surface area contributed by atoms with Crippen molar-refractivity contribution < 1.29 is 19.4 Å². The van der Waals surface area contributed by atoms with Gasteiger partial charge in [0.2, 0.25) is 0 Å². The van der Waals surface area contributed by atoms with E-state index in [9.17, 15) is 9.59 Å². The zero-order chi connectivity index (χ0) is 13.3. The smallest absolute Gasteiger partial charge is 0.317 e. The molecule has 6 heteroatoms. The van der Waals surface area contributed by atoms with Crippen molar-refractivity contribution in [3.05, 3.63) is 0 Å². The van der Waals surface area contributed by atoms with E-state index in [4.69, 9.17) is 9.84 Å². The molecule has 1 atom stereocenters. The summed E-state index contributed by atoms with van der Waals surface area (Å²) in [5, 5.41) is 11.2. The predicted molar refractivity (Wildman–Crippen MR) is 64.0 cm³/mol. The Labute approximate surface area is 102 Å². The summed E-state index contributed by atoms with van der Waals surface area (Å²) < 4.78 is 5.17.